The van der Waals surface area contributed by atoms with Gasteiger partial charge in [0.15, 0.2) is 0 Å². The van der Waals surface area contributed by atoms with Gasteiger partial charge in [0.2, 0.25) is 0 Å². The van der Waals surface area contributed by atoms with E-state index in [9.17, 15) is 9.90 Å². The van der Waals surface area contributed by atoms with Crippen molar-refractivity contribution in [1.82, 2.24) is 4.90 Å². The lowest BCUT2D eigenvalue weighted by Gasteiger charge is -2.27. The van der Waals surface area contributed by atoms with Crippen molar-refractivity contribution < 1.29 is 14.6 Å². The molecule has 1 N–H and O–H groups in total. The average Bonchev–Trinajstić information content (AvgIpc) is 2.15. The molecule has 1 unspecified atom stereocenters. The molecule has 1 rings (SSSR count). The van der Waals surface area contributed by atoms with Crippen molar-refractivity contribution in [2.45, 2.75) is 25.9 Å². The minimum Gasteiger partial charge on any atom is -0.389 e. The van der Waals surface area contributed by atoms with E-state index in [1.807, 2.05) is 11.8 Å². The normalized spacial score (nSPS) is 21.1. The number of hydrogen-bond acceptors (Lipinski definition) is 4. The number of likely N-dealkylation sites (tertiary alicyclic amines) is 1. The van der Waals surface area contributed by atoms with Gasteiger partial charge in [0.25, 0.3) is 0 Å². The van der Waals surface area contributed by atoms with Crippen LogP contribution in [0.3, 0.4) is 0 Å². The molecule has 82 valence electrons. The highest BCUT2D eigenvalue weighted by atomic mass is 16.5. The minimum atomic E-state index is -0.471. The van der Waals surface area contributed by atoms with Gasteiger partial charge in [-0.25, -0.2) is 0 Å². The number of Topliss-reactive ketones (excluding diaryl/α,β-unsaturated/α-hetero) is 1. The molecule has 1 aliphatic heterocycles. The summed E-state index contributed by atoms with van der Waals surface area (Å²) in [5, 5.41) is 9.54. The van der Waals surface area contributed by atoms with E-state index in [0.29, 0.717) is 32.7 Å². The second-order valence-electron chi connectivity index (χ2n) is 3.69. The van der Waals surface area contributed by atoms with Gasteiger partial charge in [-0.05, 0) is 19.9 Å². The Hall–Kier alpha value is -0.450. The van der Waals surface area contributed by atoms with Gasteiger partial charge in [-0.3, -0.25) is 9.69 Å². The summed E-state index contributed by atoms with van der Waals surface area (Å²) in [6.07, 6.45) is 1.14. The molecule has 14 heavy (non-hydrogen) atoms. The smallest absolute Gasteiger partial charge is 0.146 e. The standard InChI is InChI=1S/C10H19NO3/c1-2-14-8-10(13)7-11-5-3-4-9(12)6-11/h10,13H,2-8H2,1H3. The first-order valence-electron chi connectivity index (χ1n) is 5.22. The molecule has 4 nitrogen and oxygen atoms in total. The monoisotopic (exact) mass is 201 g/mol. The summed E-state index contributed by atoms with van der Waals surface area (Å²) in [4.78, 5) is 13.1. The largest absolute Gasteiger partial charge is 0.389 e. The van der Waals surface area contributed by atoms with Crippen LogP contribution in [-0.2, 0) is 9.53 Å². The van der Waals surface area contributed by atoms with Crippen LogP contribution < -0.4 is 0 Å². The third kappa shape index (κ3) is 4.17. The molecule has 0 spiro atoms. The summed E-state index contributed by atoms with van der Waals surface area (Å²) in [5.74, 6) is 0.278. The Morgan fingerprint density at radius 3 is 3.07 bits per heavy atom. The molecule has 1 saturated heterocycles. The van der Waals surface area contributed by atoms with Crippen LogP contribution in [0.4, 0.5) is 0 Å². The second-order valence-corrected chi connectivity index (χ2v) is 3.69. The fraction of sp³-hybridized carbons (Fsp3) is 0.900. The summed E-state index contributed by atoms with van der Waals surface area (Å²) in [7, 11) is 0. The van der Waals surface area contributed by atoms with Gasteiger partial charge in [-0.1, -0.05) is 0 Å². The average molecular weight is 201 g/mol. The maximum absolute atomic E-state index is 11.1. The molecule has 0 saturated carbocycles. The number of β-amino-alcohol motifs (C(OH)–C–C–N with tert-alkyl or cyclic N) is 1. The van der Waals surface area contributed by atoms with Crippen LogP contribution in [0.1, 0.15) is 19.8 Å². The Morgan fingerprint density at radius 1 is 1.64 bits per heavy atom. The molecular formula is C10H19NO3. The van der Waals surface area contributed by atoms with Gasteiger partial charge in [-0.15, -0.1) is 0 Å². The molecule has 0 aliphatic carbocycles. The van der Waals surface area contributed by atoms with Crippen LogP contribution in [0.2, 0.25) is 0 Å². The zero-order valence-corrected chi connectivity index (χ0v) is 8.74. The van der Waals surface area contributed by atoms with Crippen molar-refractivity contribution in [3.05, 3.63) is 0 Å². The Bertz CT molecular complexity index is 184. The van der Waals surface area contributed by atoms with Crippen LogP contribution >= 0.6 is 0 Å². The fourth-order valence-corrected chi connectivity index (χ4v) is 1.67. The quantitative estimate of drug-likeness (QED) is 0.683. The lowest BCUT2D eigenvalue weighted by Crippen LogP contribution is -2.41. The number of carbonyl (C=O) groups excluding carboxylic acids is 1. The van der Waals surface area contributed by atoms with Gasteiger partial charge in [0, 0.05) is 19.6 Å². The number of ketones is 1. The van der Waals surface area contributed by atoms with Gasteiger partial charge >= 0.3 is 0 Å². The molecule has 0 bridgehead atoms. The molecule has 1 fully saturated rings. The predicted octanol–water partition coefficient (Wildman–Crippen LogP) is 0.0487. The topological polar surface area (TPSA) is 49.8 Å². The summed E-state index contributed by atoms with van der Waals surface area (Å²) in [6.45, 7) is 4.83. The van der Waals surface area contributed by atoms with Gasteiger partial charge < -0.3 is 9.84 Å². The van der Waals surface area contributed by atoms with Crippen LogP contribution in [0.5, 0.6) is 0 Å². The van der Waals surface area contributed by atoms with Crippen molar-refractivity contribution >= 4 is 5.78 Å². The Morgan fingerprint density at radius 2 is 2.43 bits per heavy atom. The Balaban J connectivity index is 2.18. The van der Waals surface area contributed by atoms with E-state index in [1.165, 1.54) is 0 Å². The zero-order chi connectivity index (χ0) is 10.4. The summed E-state index contributed by atoms with van der Waals surface area (Å²) in [5.41, 5.74) is 0. The molecule has 0 aromatic rings. The molecular weight excluding hydrogens is 182 g/mol. The van der Waals surface area contributed by atoms with Crippen LogP contribution in [0, 0.1) is 0 Å². The highest BCUT2D eigenvalue weighted by Gasteiger charge is 2.18. The molecule has 0 aromatic carbocycles. The van der Waals surface area contributed by atoms with E-state index < -0.39 is 6.10 Å². The van der Waals surface area contributed by atoms with Crippen LogP contribution in [-0.4, -0.2) is 54.7 Å². The maximum Gasteiger partial charge on any atom is 0.146 e. The van der Waals surface area contributed by atoms with Crippen molar-refractivity contribution in [3.8, 4) is 0 Å². The second kappa shape index (κ2) is 6.11. The zero-order valence-electron chi connectivity index (χ0n) is 8.74. The molecule has 1 heterocycles. The third-order valence-electron chi connectivity index (χ3n) is 2.31. The third-order valence-corrected chi connectivity index (χ3v) is 2.31. The van der Waals surface area contributed by atoms with Crippen LogP contribution in [0.15, 0.2) is 0 Å². The van der Waals surface area contributed by atoms with E-state index in [1.54, 1.807) is 0 Å². The number of rotatable bonds is 5. The summed E-state index contributed by atoms with van der Waals surface area (Å²) in [6, 6.07) is 0. The molecule has 0 aromatic heterocycles. The van der Waals surface area contributed by atoms with Gasteiger partial charge in [0.05, 0.1) is 19.3 Å². The number of ether oxygens (including phenoxy) is 1. The number of carbonyl (C=O) groups is 1. The van der Waals surface area contributed by atoms with E-state index in [2.05, 4.69) is 0 Å². The Labute approximate surface area is 84.8 Å². The van der Waals surface area contributed by atoms with E-state index in [0.717, 1.165) is 13.0 Å². The summed E-state index contributed by atoms with van der Waals surface area (Å²) < 4.78 is 5.10. The first-order chi connectivity index (χ1) is 6.72. The highest BCUT2D eigenvalue weighted by molar-refractivity contribution is 5.81. The highest BCUT2D eigenvalue weighted by Crippen LogP contribution is 2.06. The maximum atomic E-state index is 11.1. The van der Waals surface area contributed by atoms with Gasteiger partial charge in [-0.2, -0.15) is 0 Å². The predicted molar refractivity (Wildman–Crippen MR) is 53.2 cm³/mol. The number of hydrogen-bond donors (Lipinski definition) is 1. The van der Waals surface area contributed by atoms with Gasteiger partial charge in [0.1, 0.15) is 5.78 Å². The van der Waals surface area contributed by atoms with E-state index in [-0.39, 0.29) is 5.78 Å². The van der Waals surface area contributed by atoms with Crippen LogP contribution in [0.25, 0.3) is 0 Å². The molecule has 0 amide bonds. The molecule has 1 atom stereocenters. The number of aliphatic hydroxyl groups is 1. The molecule has 4 heteroatoms. The molecule has 1 aliphatic rings. The number of piperidine rings is 1. The fourth-order valence-electron chi connectivity index (χ4n) is 1.67. The first-order valence-corrected chi connectivity index (χ1v) is 5.22. The molecule has 0 radical (unpaired) electrons. The number of nitrogens with zero attached hydrogens (tertiary/aromatic N) is 1. The lowest BCUT2D eigenvalue weighted by atomic mass is 10.1. The van der Waals surface area contributed by atoms with E-state index >= 15 is 0 Å². The van der Waals surface area contributed by atoms with Crippen molar-refractivity contribution in [1.29, 1.82) is 0 Å². The number of aliphatic hydroxyl groups excluding tert-OH is 1. The lowest BCUT2D eigenvalue weighted by molar-refractivity contribution is -0.122. The van der Waals surface area contributed by atoms with E-state index in [4.69, 9.17) is 4.74 Å². The first kappa shape index (κ1) is 11.6. The minimum absolute atomic E-state index is 0.278. The summed E-state index contributed by atoms with van der Waals surface area (Å²) >= 11 is 0. The SMILES string of the molecule is CCOCC(O)CN1CCCC(=O)C1. The van der Waals surface area contributed by atoms with Crippen molar-refractivity contribution in [2.75, 3.05) is 32.8 Å². The van der Waals surface area contributed by atoms with Crippen molar-refractivity contribution in [2.24, 2.45) is 0 Å². The van der Waals surface area contributed by atoms with Crippen molar-refractivity contribution in [3.63, 3.8) is 0 Å². The Kier molecular flexibility index (Phi) is 5.07.